The van der Waals surface area contributed by atoms with E-state index in [-0.39, 0.29) is 41.9 Å². The van der Waals surface area contributed by atoms with Crippen molar-refractivity contribution in [1.29, 1.82) is 0 Å². The van der Waals surface area contributed by atoms with E-state index in [0.29, 0.717) is 31.1 Å². The fraction of sp³-hybridized carbons (Fsp3) is 0.386. The minimum absolute atomic E-state index is 0.0410. The zero-order valence-corrected chi connectivity index (χ0v) is 30.5. The van der Waals surface area contributed by atoms with E-state index in [1.165, 1.54) is 29.7 Å². The SMILES string of the molecule is O=C1CC[C@H](N2Cc3cc(N4CCN(CC5CCN(c6ccc([C@H]7c8ccc(O)cc8CO[C@H]7c7ccccc7)cc6)CC5)CC4)ccc3C2=O)C(=O)N1. The molecule has 9 rings (SSSR count). The highest BCUT2D eigenvalue weighted by Gasteiger charge is 2.39. The van der Waals surface area contributed by atoms with Gasteiger partial charge in [-0.05, 0) is 95.5 Å². The Morgan fingerprint density at radius 1 is 0.722 bits per heavy atom. The minimum Gasteiger partial charge on any atom is -0.508 e. The van der Waals surface area contributed by atoms with Crippen LogP contribution in [0.5, 0.6) is 5.75 Å². The Kier molecular flexibility index (Phi) is 9.32. The Labute approximate surface area is 316 Å². The molecule has 3 amide bonds. The average Bonchev–Trinajstić information content (AvgIpc) is 3.53. The number of amides is 3. The van der Waals surface area contributed by atoms with Gasteiger partial charge in [-0.2, -0.15) is 0 Å². The van der Waals surface area contributed by atoms with Crippen LogP contribution in [0.2, 0.25) is 0 Å². The first-order chi connectivity index (χ1) is 26.4. The van der Waals surface area contributed by atoms with Gasteiger partial charge in [0.15, 0.2) is 0 Å². The van der Waals surface area contributed by atoms with E-state index in [1.54, 1.807) is 11.0 Å². The van der Waals surface area contributed by atoms with Crippen LogP contribution in [0.4, 0.5) is 11.4 Å². The zero-order valence-electron chi connectivity index (χ0n) is 30.5. The van der Waals surface area contributed by atoms with Crippen molar-refractivity contribution in [1.82, 2.24) is 15.1 Å². The van der Waals surface area contributed by atoms with E-state index in [1.807, 2.05) is 24.3 Å². The number of rotatable bonds is 7. The number of carbonyl (C=O) groups is 3. The maximum atomic E-state index is 13.1. The van der Waals surface area contributed by atoms with Crippen molar-refractivity contribution in [3.8, 4) is 5.75 Å². The van der Waals surface area contributed by atoms with Crippen LogP contribution in [0.25, 0.3) is 0 Å². The number of hydrogen-bond acceptors (Lipinski definition) is 8. The summed E-state index contributed by atoms with van der Waals surface area (Å²) in [6, 6.07) is 30.7. The van der Waals surface area contributed by atoms with Crippen LogP contribution in [0.1, 0.15) is 75.9 Å². The third-order valence-electron chi connectivity index (χ3n) is 12.3. The first-order valence-corrected chi connectivity index (χ1v) is 19.5. The van der Waals surface area contributed by atoms with Gasteiger partial charge in [-0.1, -0.05) is 48.5 Å². The summed E-state index contributed by atoms with van der Waals surface area (Å²) < 4.78 is 6.45. The molecule has 54 heavy (non-hydrogen) atoms. The van der Waals surface area contributed by atoms with Crippen molar-refractivity contribution in [2.75, 3.05) is 55.6 Å². The second-order valence-corrected chi connectivity index (χ2v) is 15.6. The van der Waals surface area contributed by atoms with Gasteiger partial charge in [0.25, 0.3) is 5.91 Å². The molecule has 5 aliphatic rings. The van der Waals surface area contributed by atoms with E-state index in [2.05, 4.69) is 80.7 Å². The van der Waals surface area contributed by atoms with Gasteiger partial charge in [0.2, 0.25) is 11.8 Å². The van der Waals surface area contributed by atoms with Gasteiger partial charge in [0.1, 0.15) is 11.8 Å². The number of nitrogens with one attached hydrogen (secondary N) is 1. The molecule has 0 aliphatic carbocycles. The summed E-state index contributed by atoms with van der Waals surface area (Å²) in [6.45, 7) is 8.02. The standard InChI is InChI=1S/C44H47N5O5/c50-36-11-13-37-33(25-36)28-54-42(31-4-2-1-3-5-31)41(37)30-6-8-34(9-7-30)47-18-16-29(17-19-47)26-46-20-22-48(23-21-46)35-10-12-38-32(24-35)27-49(44(38)53)39-14-15-40(51)45-43(39)52/h1-13,24-25,29,39,41-42,50H,14-23,26-28H2,(H,45,51,52)/t39-,41-,42-/m0/s1. The number of piperazine rings is 1. The summed E-state index contributed by atoms with van der Waals surface area (Å²) in [5, 5.41) is 12.5. The monoisotopic (exact) mass is 725 g/mol. The number of phenolic OH excluding ortho intramolecular Hbond substituents is 1. The number of piperidine rings is 2. The van der Waals surface area contributed by atoms with Gasteiger partial charge in [0.05, 0.1) is 12.7 Å². The lowest BCUT2D eigenvalue weighted by Gasteiger charge is -2.40. The highest BCUT2D eigenvalue weighted by atomic mass is 16.5. The lowest BCUT2D eigenvalue weighted by Crippen LogP contribution is -2.52. The average molecular weight is 726 g/mol. The Bertz CT molecular complexity index is 2040. The molecule has 4 aromatic carbocycles. The number of benzene rings is 4. The first kappa shape index (κ1) is 34.6. The first-order valence-electron chi connectivity index (χ1n) is 19.5. The van der Waals surface area contributed by atoms with Gasteiger partial charge >= 0.3 is 0 Å². The molecule has 0 spiro atoms. The molecule has 5 heterocycles. The highest BCUT2D eigenvalue weighted by molar-refractivity contribution is 6.05. The summed E-state index contributed by atoms with van der Waals surface area (Å²) in [7, 11) is 0. The number of aromatic hydroxyl groups is 1. The number of hydrogen-bond donors (Lipinski definition) is 2. The molecule has 10 nitrogen and oxygen atoms in total. The van der Waals surface area contributed by atoms with Crippen LogP contribution < -0.4 is 15.1 Å². The Morgan fingerprint density at radius 2 is 1.46 bits per heavy atom. The van der Waals surface area contributed by atoms with Crippen LogP contribution >= 0.6 is 0 Å². The van der Waals surface area contributed by atoms with E-state index in [0.717, 1.165) is 68.2 Å². The number of ether oxygens (including phenoxy) is 1. The van der Waals surface area contributed by atoms with E-state index < -0.39 is 6.04 Å². The fourth-order valence-electron chi connectivity index (χ4n) is 9.32. The molecule has 0 saturated carbocycles. The summed E-state index contributed by atoms with van der Waals surface area (Å²) in [6.07, 6.45) is 2.89. The molecule has 0 unspecified atom stereocenters. The van der Waals surface area contributed by atoms with E-state index >= 15 is 0 Å². The summed E-state index contributed by atoms with van der Waals surface area (Å²) in [4.78, 5) is 46.4. The Morgan fingerprint density at radius 3 is 2.22 bits per heavy atom. The maximum absolute atomic E-state index is 13.1. The predicted octanol–water partition coefficient (Wildman–Crippen LogP) is 5.60. The van der Waals surface area contributed by atoms with Crippen molar-refractivity contribution >= 4 is 29.1 Å². The maximum Gasteiger partial charge on any atom is 0.255 e. The summed E-state index contributed by atoms with van der Waals surface area (Å²) >= 11 is 0. The van der Waals surface area contributed by atoms with E-state index in [4.69, 9.17) is 4.74 Å². The molecule has 0 aromatic heterocycles. The van der Waals surface area contributed by atoms with Gasteiger partial charge < -0.3 is 24.5 Å². The van der Waals surface area contributed by atoms with Crippen molar-refractivity contribution < 1.29 is 24.2 Å². The topological polar surface area (TPSA) is 106 Å². The Hall–Kier alpha value is -5.19. The Balaban J connectivity index is 0.780. The molecule has 0 radical (unpaired) electrons. The predicted molar refractivity (Wildman–Crippen MR) is 206 cm³/mol. The minimum atomic E-state index is -0.589. The molecule has 2 N–H and O–H groups in total. The third-order valence-corrected chi connectivity index (χ3v) is 12.3. The molecular formula is C44H47N5O5. The van der Waals surface area contributed by atoms with Crippen LogP contribution in [-0.4, -0.2) is 84.5 Å². The lowest BCUT2D eigenvalue weighted by molar-refractivity contribution is -0.136. The normalized spacial score (nSPS) is 23.7. The van der Waals surface area contributed by atoms with Gasteiger partial charge in [-0.3, -0.25) is 24.6 Å². The van der Waals surface area contributed by atoms with Crippen molar-refractivity contribution in [3.05, 3.63) is 124 Å². The summed E-state index contributed by atoms with van der Waals surface area (Å²) in [5.74, 6) is 0.219. The molecule has 278 valence electrons. The number of fused-ring (bicyclic) bond motifs is 2. The lowest BCUT2D eigenvalue weighted by atomic mass is 9.79. The largest absolute Gasteiger partial charge is 0.508 e. The smallest absolute Gasteiger partial charge is 0.255 e. The number of phenols is 1. The summed E-state index contributed by atoms with van der Waals surface area (Å²) in [5.41, 5.74) is 8.64. The highest BCUT2D eigenvalue weighted by Crippen LogP contribution is 2.46. The van der Waals surface area contributed by atoms with Crippen molar-refractivity contribution in [2.45, 2.75) is 56.9 Å². The molecule has 3 fully saturated rings. The molecular weight excluding hydrogens is 679 g/mol. The van der Waals surface area contributed by atoms with Crippen LogP contribution in [0.3, 0.4) is 0 Å². The van der Waals surface area contributed by atoms with Gasteiger partial charge in [-0.15, -0.1) is 0 Å². The second kappa shape index (κ2) is 14.6. The number of carbonyl (C=O) groups excluding carboxylic acids is 3. The van der Waals surface area contributed by atoms with Gasteiger partial charge in [-0.25, -0.2) is 0 Å². The molecule has 3 saturated heterocycles. The molecule has 5 aliphatic heterocycles. The molecule has 4 aromatic rings. The molecule has 10 heteroatoms. The fourth-order valence-corrected chi connectivity index (χ4v) is 9.32. The van der Waals surface area contributed by atoms with Crippen LogP contribution in [0.15, 0.2) is 91.0 Å². The second-order valence-electron chi connectivity index (χ2n) is 15.6. The van der Waals surface area contributed by atoms with Crippen LogP contribution in [-0.2, 0) is 27.5 Å². The molecule has 0 bridgehead atoms. The third kappa shape index (κ3) is 6.73. The van der Waals surface area contributed by atoms with Gasteiger partial charge in [0, 0.05) is 81.6 Å². The van der Waals surface area contributed by atoms with Crippen molar-refractivity contribution in [2.24, 2.45) is 5.92 Å². The quantitative estimate of drug-likeness (QED) is 0.238. The number of nitrogens with zero attached hydrogens (tertiary/aromatic N) is 4. The van der Waals surface area contributed by atoms with Crippen molar-refractivity contribution in [3.63, 3.8) is 0 Å². The molecule has 3 atom stereocenters. The van der Waals surface area contributed by atoms with E-state index in [9.17, 15) is 19.5 Å². The zero-order chi connectivity index (χ0) is 36.8. The number of anilines is 2. The number of imide groups is 1. The van der Waals surface area contributed by atoms with Crippen LogP contribution in [0, 0.1) is 5.92 Å².